The van der Waals surface area contributed by atoms with Crippen LogP contribution in [0.5, 0.6) is 0 Å². The molecular formula is C15H8BrClFNO. The Balaban J connectivity index is 2.52. The van der Waals surface area contributed by atoms with Crippen LogP contribution in [0.25, 0.3) is 0 Å². The molecule has 0 aromatic heterocycles. The zero-order valence-electron chi connectivity index (χ0n) is 10.1. The fourth-order valence-electron chi connectivity index (χ4n) is 1.86. The van der Waals surface area contributed by atoms with Crippen LogP contribution in [0.4, 0.5) is 4.39 Å². The molecular weight excluding hydrogens is 345 g/mol. The van der Waals surface area contributed by atoms with Gasteiger partial charge in [0.05, 0.1) is 16.7 Å². The van der Waals surface area contributed by atoms with Crippen molar-refractivity contribution in [2.45, 2.75) is 5.92 Å². The van der Waals surface area contributed by atoms with Gasteiger partial charge < -0.3 is 0 Å². The number of halogens is 3. The first-order valence-electron chi connectivity index (χ1n) is 5.68. The largest absolute Gasteiger partial charge is 0.292 e. The summed E-state index contributed by atoms with van der Waals surface area (Å²) in [5, 5.41) is 9.26. The normalized spacial score (nSPS) is 11.7. The van der Waals surface area contributed by atoms with E-state index < -0.39 is 17.5 Å². The Bertz CT molecular complexity index is 691. The van der Waals surface area contributed by atoms with Gasteiger partial charge in [0.1, 0.15) is 11.7 Å². The summed E-state index contributed by atoms with van der Waals surface area (Å²) in [5.74, 6) is -2.49. The Hall–Kier alpha value is -1.70. The molecule has 0 saturated heterocycles. The maximum atomic E-state index is 13.8. The van der Waals surface area contributed by atoms with E-state index in [0.717, 1.165) is 6.07 Å². The van der Waals surface area contributed by atoms with E-state index in [1.165, 1.54) is 12.1 Å². The molecule has 2 aromatic rings. The number of carbonyl (C=O) groups is 1. The van der Waals surface area contributed by atoms with Crippen molar-refractivity contribution in [1.29, 1.82) is 5.26 Å². The molecule has 0 bridgehead atoms. The van der Waals surface area contributed by atoms with E-state index in [0.29, 0.717) is 10.0 Å². The molecule has 100 valence electrons. The van der Waals surface area contributed by atoms with Crippen molar-refractivity contribution in [1.82, 2.24) is 0 Å². The van der Waals surface area contributed by atoms with Gasteiger partial charge in [-0.05, 0) is 23.8 Å². The van der Waals surface area contributed by atoms with Crippen molar-refractivity contribution in [3.8, 4) is 6.07 Å². The highest BCUT2D eigenvalue weighted by molar-refractivity contribution is 9.10. The summed E-state index contributed by atoms with van der Waals surface area (Å²) in [6.45, 7) is 0. The predicted molar refractivity (Wildman–Crippen MR) is 78.2 cm³/mol. The van der Waals surface area contributed by atoms with Crippen molar-refractivity contribution in [2.75, 3.05) is 0 Å². The van der Waals surface area contributed by atoms with E-state index in [1.54, 1.807) is 24.3 Å². The molecule has 0 aliphatic heterocycles. The van der Waals surface area contributed by atoms with Crippen LogP contribution in [0.1, 0.15) is 21.8 Å². The van der Waals surface area contributed by atoms with Crippen LogP contribution in [0.2, 0.25) is 5.02 Å². The van der Waals surface area contributed by atoms with Crippen LogP contribution in [0, 0.1) is 17.1 Å². The summed E-state index contributed by atoms with van der Waals surface area (Å²) < 4.78 is 14.4. The Morgan fingerprint density at radius 2 is 1.95 bits per heavy atom. The highest BCUT2D eigenvalue weighted by Gasteiger charge is 2.27. The molecule has 0 radical (unpaired) electrons. The van der Waals surface area contributed by atoms with E-state index >= 15 is 0 Å². The lowest BCUT2D eigenvalue weighted by Crippen LogP contribution is -2.14. The van der Waals surface area contributed by atoms with Gasteiger partial charge in [0.25, 0.3) is 0 Å². The first-order chi connectivity index (χ1) is 9.56. The predicted octanol–water partition coefficient (Wildman–Crippen LogP) is 4.73. The average molecular weight is 353 g/mol. The highest BCUT2D eigenvalue weighted by Crippen LogP contribution is 2.30. The lowest BCUT2D eigenvalue weighted by Gasteiger charge is -2.12. The molecule has 0 heterocycles. The van der Waals surface area contributed by atoms with E-state index in [2.05, 4.69) is 15.9 Å². The van der Waals surface area contributed by atoms with Gasteiger partial charge in [-0.1, -0.05) is 51.8 Å². The Labute approximate surface area is 128 Å². The van der Waals surface area contributed by atoms with Gasteiger partial charge in [-0.25, -0.2) is 4.39 Å². The number of Topliss-reactive ketones (excluding diaryl/α,β-unsaturated/α-hetero) is 1. The summed E-state index contributed by atoms with van der Waals surface area (Å²) in [6.07, 6.45) is 0. The molecule has 0 N–H and O–H groups in total. The standard InChI is InChI=1S/C15H8BrClFNO/c16-11-5-2-1-4-9(11)10(8-19)15(20)14-12(17)6-3-7-13(14)18/h1-7,10H. The van der Waals surface area contributed by atoms with Crippen LogP contribution in [-0.4, -0.2) is 5.78 Å². The topological polar surface area (TPSA) is 40.9 Å². The number of ketones is 1. The molecule has 1 atom stereocenters. The SMILES string of the molecule is N#CC(C(=O)c1c(F)cccc1Cl)c1ccccc1Br. The third-order valence-electron chi connectivity index (χ3n) is 2.82. The molecule has 0 saturated carbocycles. The summed E-state index contributed by atoms with van der Waals surface area (Å²) in [6, 6.07) is 12.7. The average Bonchev–Trinajstić information content (AvgIpc) is 2.41. The second kappa shape index (κ2) is 6.17. The van der Waals surface area contributed by atoms with Crippen LogP contribution in [-0.2, 0) is 0 Å². The Kier molecular flexibility index (Phi) is 4.53. The van der Waals surface area contributed by atoms with Gasteiger partial charge in [0.2, 0.25) is 0 Å². The highest BCUT2D eigenvalue weighted by atomic mass is 79.9. The fourth-order valence-corrected chi connectivity index (χ4v) is 2.63. The van der Waals surface area contributed by atoms with Crippen molar-refractivity contribution >= 4 is 33.3 Å². The minimum atomic E-state index is -1.11. The quantitative estimate of drug-likeness (QED) is 0.749. The second-order valence-corrected chi connectivity index (χ2v) is 5.31. The van der Waals surface area contributed by atoms with Crippen molar-refractivity contribution < 1.29 is 9.18 Å². The zero-order valence-corrected chi connectivity index (χ0v) is 12.5. The molecule has 2 nitrogen and oxygen atoms in total. The van der Waals surface area contributed by atoms with Crippen molar-refractivity contribution in [2.24, 2.45) is 0 Å². The first-order valence-corrected chi connectivity index (χ1v) is 6.85. The summed E-state index contributed by atoms with van der Waals surface area (Å²) >= 11 is 9.16. The molecule has 0 amide bonds. The van der Waals surface area contributed by atoms with Crippen LogP contribution in [0.15, 0.2) is 46.9 Å². The molecule has 0 spiro atoms. The second-order valence-electron chi connectivity index (χ2n) is 4.04. The third kappa shape index (κ3) is 2.74. The molecule has 5 heteroatoms. The smallest absolute Gasteiger partial charge is 0.188 e. The van der Waals surface area contributed by atoms with E-state index in [4.69, 9.17) is 11.6 Å². The number of hydrogen-bond donors (Lipinski definition) is 0. The maximum Gasteiger partial charge on any atom is 0.188 e. The summed E-state index contributed by atoms with van der Waals surface area (Å²) in [4.78, 5) is 12.4. The Morgan fingerprint density at radius 1 is 1.25 bits per heavy atom. The molecule has 1 unspecified atom stereocenters. The third-order valence-corrected chi connectivity index (χ3v) is 3.85. The molecule has 20 heavy (non-hydrogen) atoms. The number of rotatable bonds is 3. The molecule has 0 aliphatic rings. The molecule has 0 fully saturated rings. The van der Waals surface area contributed by atoms with Crippen LogP contribution >= 0.6 is 27.5 Å². The van der Waals surface area contributed by atoms with E-state index in [1.807, 2.05) is 6.07 Å². The minimum Gasteiger partial charge on any atom is -0.292 e. The number of nitriles is 1. The lowest BCUT2D eigenvalue weighted by molar-refractivity contribution is 0.0975. The molecule has 2 aromatic carbocycles. The molecule has 0 aliphatic carbocycles. The molecule has 2 rings (SSSR count). The van der Waals surface area contributed by atoms with Crippen molar-refractivity contribution in [3.05, 3.63) is 68.9 Å². The Morgan fingerprint density at radius 3 is 2.55 bits per heavy atom. The maximum absolute atomic E-state index is 13.8. The monoisotopic (exact) mass is 351 g/mol. The summed E-state index contributed by atoms with van der Waals surface area (Å²) in [5.41, 5.74) is 0.232. The number of nitrogens with zero attached hydrogens (tertiary/aromatic N) is 1. The number of hydrogen-bond acceptors (Lipinski definition) is 2. The van der Waals surface area contributed by atoms with Crippen LogP contribution < -0.4 is 0 Å². The van der Waals surface area contributed by atoms with Gasteiger partial charge in [-0.2, -0.15) is 5.26 Å². The van der Waals surface area contributed by atoms with Gasteiger partial charge >= 0.3 is 0 Å². The van der Waals surface area contributed by atoms with Crippen LogP contribution in [0.3, 0.4) is 0 Å². The first kappa shape index (κ1) is 14.7. The van der Waals surface area contributed by atoms with Gasteiger partial charge in [0.15, 0.2) is 5.78 Å². The van der Waals surface area contributed by atoms with E-state index in [9.17, 15) is 14.4 Å². The van der Waals surface area contributed by atoms with E-state index in [-0.39, 0.29) is 10.6 Å². The van der Waals surface area contributed by atoms with Gasteiger partial charge in [-0.15, -0.1) is 0 Å². The van der Waals surface area contributed by atoms with Gasteiger partial charge in [-0.3, -0.25) is 4.79 Å². The summed E-state index contributed by atoms with van der Waals surface area (Å²) in [7, 11) is 0. The number of benzene rings is 2. The van der Waals surface area contributed by atoms with Crippen molar-refractivity contribution in [3.63, 3.8) is 0 Å². The fraction of sp³-hybridized carbons (Fsp3) is 0.0667. The lowest BCUT2D eigenvalue weighted by atomic mass is 9.91. The minimum absolute atomic E-state index is 0.00213. The zero-order chi connectivity index (χ0) is 14.7. The number of carbonyl (C=O) groups excluding carboxylic acids is 1. The van der Waals surface area contributed by atoms with Gasteiger partial charge in [0, 0.05) is 4.47 Å².